The molecule has 4 amide bonds. The van der Waals surface area contributed by atoms with Gasteiger partial charge in [-0.05, 0) is 18.6 Å². The third-order valence-electron chi connectivity index (χ3n) is 4.33. The maximum atomic E-state index is 12.0. The van der Waals surface area contributed by atoms with Crippen LogP contribution in [0.2, 0.25) is 0 Å². The second kappa shape index (κ2) is 6.88. The Balaban J connectivity index is 1.45. The summed E-state index contributed by atoms with van der Waals surface area (Å²) in [5.74, 6) is 0.236. The fourth-order valence-corrected chi connectivity index (χ4v) is 2.86. The summed E-state index contributed by atoms with van der Waals surface area (Å²) in [4.78, 5) is 38.0. The molecule has 1 unspecified atom stereocenters. The molecule has 0 radical (unpaired) electrons. The smallest absolute Gasteiger partial charge is 0.326 e. The molecule has 9 nitrogen and oxygen atoms in total. The van der Waals surface area contributed by atoms with Crippen molar-refractivity contribution >= 4 is 23.5 Å². The van der Waals surface area contributed by atoms with Crippen molar-refractivity contribution < 1.29 is 14.4 Å². The van der Waals surface area contributed by atoms with Gasteiger partial charge < -0.3 is 10.2 Å². The van der Waals surface area contributed by atoms with E-state index >= 15 is 0 Å². The summed E-state index contributed by atoms with van der Waals surface area (Å²) in [5.41, 5.74) is 0.790. The summed E-state index contributed by atoms with van der Waals surface area (Å²) in [6, 6.07) is 4.58. The second-order valence-electron chi connectivity index (χ2n) is 6.01. The molecule has 3 heterocycles. The third-order valence-corrected chi connectivity index (χ3v) is 4.33. The first-order valence-electron chi connectivity index (χ1n) is 8.08. The highest BCUT2D eigenvalue weighted by Gasteiger charge is 2.41. The van der Waals surface area contributed by atoms with E-state index in [1.54, 1.807) is 0 Å². The zero-order chi connectivity index (χ0) is 18.0. The molecule has 0 saturated carbocycles. The van der Waals surface area contributed by atoms with Gasteiger partial charge in [0.15, 0.2) is 5.65 Å². The zero-order valence-electron chi connectivity index (χ0n) is 14.2. The van der Waals surface area contributed by atoms with Crippen LogP contribution in [0.3, 0.4) is 0 Å². The number of hydrogen-bond acceptors (Lipinski definition) is 5. The van der Waals surface area contributed by atoms with Crippen molar-refractivity contribution in [3.05, 3.63) is 30.2 Å². The molecule has 0 bridgehead atoms. The van der Waals surface area contributed by atoms with Crippen LogP contribution in [0.1, 0.15) is 18.7 Å². The highest BCUT2D eigenvalue weighted by Crippen LogP contribution is 2.16. The van der Waals surface area contributed by atoms with Crippen molar-refractivity contribution in [2.45, 2.75) is 25.3 Å². The van der Waals surface area contributed by atoms with Crippen molar-refractivity contribution in [3.63, 3.8) is 0 Å². The minimum Gasteiger partial charge on any atom is -0.356 e. The molecule has 3 rings (SSSR count). The number of pyridine rings is 1. The van der Waals surface area contributed by atoms with Gasteiger partial charge in [-0.25, -0.2) is 4.79 Å². The third kappa shape index (κ3) is 3.30. The summed E-state index contributed by atoms with van der Waals surface area (Å²) < 4.78 is 1.91. The molecule has 9 heteroatoms. The number of nitrogens with one attached hydrogen (secondary N) is 1. The molecule has 25 heavy (non-hydrogen) atoms. The number of rotatable bonds is 6. The highest BCUT2D eigenvalue weighted by molar-refractivity contribution is 6.05. The Morgan fingerprint density at radius 1 is 1.24 bits per heavy atom. The van der Waals surface area contributed by atoms with Crippen LogP contribution in [0.15, 0.2) is 24.4 Å². The molecular formula is C16H20N6O3. The van der Waals surface area contributed by atoms with Crippen molar-refractivity contribution in [3.8, 4) is 0 Å². The van der Waals surface area contributed by atoms with Crippen molar-refractivity contribution in [1.29, 1.82) is 0 Å². The average Bonchev–Trinajstić information content (AvgIpc) is 3.10. The number of amides is 4. The molecule has 0 spiro atoms. The normalized spacial score (nSPS) is 17.6. The zero-order valence-corrected chi connectivity index (χ0v) is 14.2. The van der Waals surface area contributed by atoms with Crippen molar-refractivity contribution in [2.75, 3.05) is 20.6 Å². The molecular weight excluding hydrogens is 324 g/mol. The largest absolute Gasteiger partial charge is 0.356 e. The quantitative estimate of drug-likeness (QED) is 0.590. The predicted octanol–water partition coefficient (Wildman–Crippen LogP) is 0.0606. The van der Waals surface area contributed by atoms with Crippen LogP contribution in [0, 0.1) is 0 Å². The summed E-state index contributed by atoms with van der Waals surface area (Å²) in [6.45, 7) is 0.467. The van der Waals surface area contributed by atoms with Gasteiger partial charge in [0.25, 0.3) is 5.91 Å². The summed E-state index contributed by atoms with van der Waals surface area (Å²) in [7, 11) is 2.94. The predicted molar refractivity (Wildman–Crippen MR) is 88.7 cm³/mol. The van der Waals surface area contributed by atoms with Crippen LogP contribution >= 0.6 is 0 Å². The number of urea groups is 1. The van der Waals surface area contributed by atoms with E-state index in [-0.39, 0.29) is 24.3 Å². The van der Waals surface area contributed by atoms with E-state index in [9.17, 15) is 14.4 Å². The lowest BCUT2D eigenvalue weighted by Crippen LogP contribution is -2.37. The maximum Gasteiger partial charge on any atom is 0.326 e. The fourth-order valence-electron chi connectivity index (χ4n) is 2.86. The lowest BCUT2D eigenvalue weighted by molar-refractivity contribution is -0.131. The first-order valence-corrected chi connectivity index (χ1v) is 8.08. The van der Waals surface area contributed by atoms with Gasteiger partial charge in [-0.15, -0.1) is 10.2 Å². The van der Waals surface area contributed by atoms with Gasteiger partial charge in [0, 0.05) is 33.3 Å². The standard InChI is InChI=1S/C16H20N6O3/c1-20-11(15(24)21(2)16(20)25)10-14(23)17-8-5-7-13-19-18-12-6-3-4-9-22(12)13/h3-4,6,9,11H,5,7-8,10H2,1-2H3,(H,17,23). The van der Waals surface area contributed by atoms with Crippen molar-refractivity contribution in [2.24, 2.45) is 0 Å². The van der Waals surface area contributed by atoms with E-state index in [1.165, 1.54) is 19.0 Å². The molecule has 2 aromatic heterocycles. The van der Waals surface area contributed by atoms with Gasteiger partial charge in [0.1, 0.15) is 11.9 Å². The molecule has 1 N–H and O–H groups in total. The van der Waals surface area contributed by atoms with Crippen LogP contribution in [0.25, 0.3) is 5.65 Å². The number of aryl methyl sites for hydroxylation is 1. The summed E-state index contributed by atoms with van der Waals surface area (Å²) in [6.07, 6.45) is 3.25. The summed E-state index contributed by atoms with van der Waals surface area (Å²) in [5, 5.41) is 11.0. The number of carbonyl (C=O) groups excluding carboxylic acids is 3. The van der Waals surface area contributed by atoms with Gasteiger partial charge in [-0.2, -0.15) is 0 Å². The topological polar surface area (TPSA) is 99.9 Å². The number of imide groups is 1. The fraction of sp³-hybridized carbons (Fsp3) is 0.438. The maximum absolute atomic E-state index is 12.0. The number of fused-ring (bicyclic) bond motifs is 1. The molecule has 0 aromatic carbocycles. The van der Waals surface area contributed by atoms with E-state index < -0.39 is 6.04 Å². The first kappa shape index (κ1) is 16.9. The molecule has 1 saturated heterocycles. The Morgan fingerprint density at radius 2 is 2.04 bits per heavy atom. The first-order chi connectivity index (χ1) is 12.0. The van der Waals surface area contributed by atoms with Gasteiger partial charge >= 0.3 is 6.03 Å². The van der Waals surface area contributed by atoms with Crippen LogP contribution in [0.4, 0.5) is 4.79 Å². The molecule has 1 atom stereocenters. The Morgan fingerprint density at radius 3 is 2.76 bits per heavy atom. The average molecular weight is 344 g/mol. The number of carbonyl (C=O) groups is 3. The minimum atomic E-state index is -0.724. The monoisotopic (exact) mass is 344 g/mol. The van der Waals surface area contributed by atoms with Gasteiger partial charge in [0.2, 0.25) is 5.91 Å². The Kier molecular flexibility index (Phi) is 4.64. The lowest BCUT2D eigenvalue weighted by Gasteiger charge is -2.15. The molecule has 1 aliphatic heterocycles. The molecule has 132 valence electrons. The molecule has 2 aromatic rings. The van der Waals surface area contributed by atoms with Gasteiger partial charge in [0.05, 0.1) is 6.42 Å². The Labute approximate surface area is 144 Å². The Hall–Kier alpha value is -2.97. The number of aromatic nitrogens is 3. The summed E-state index contributed by atoms with van der Waals surface area (Å²) >= 11 is 0. The number of nitrogens with zero attached hydrogens (tertiary/aromatic N) is 5. The van der Waals surface area contributed by atoms with E-state index in [2.05, 4.69) is 15.5 Å². The van der Waals surface area contributed by atoms with E-state index in [0.717, 1.165) is 16.4 Å². The second-order valence-corrected chi connectivity index (χ2v) is 6.01. The Bertz CT molecular complexity index is 817. The van der Waals surface area contributed by atoms with Crippen molar-refractivity contribution in [1.82, 2.24) is 29.7 Å². The molecule has 1 fully saturated rings. The highest BCUT2D eigenvalue weighted by atomic mass is 16.2. The van der Waals surface area contributed by atoms with E-state index in [0.29, 0.717) is 19.4 Å². The van der Waals surface area contributed by atoms with Gasteiger partial charge in [-0.1, -0.05) is 6.07 Å². The van der Waals surface area contributed by atoms with E-state index in [1.807, 2.05) is 28.8 Å². The van der Waals surface area contributed by atoms with Crippen LogP contribution in [-0.2, 0) is 16.0 Å². The van der Waals surface area contributed by atoms with Crippen LogP contribution in [0.5, 0.6) is 0 Å². The SMILES string of the molecule is CN1C(=O)C(CC(=O)NCCCc2nnc3ccccn23)N(C)C1=O. The van der Waals surface area contributed by atoms with Crippen LogP contribution in [-0.4, -0.2) is 68.9 Å². The number of hydrogen-bond donors (Lipinski definition) is 1. The van der Waals surface area contributed by atoms with Gasteiger partial charge in [-0.3, -0.25) is 18.9 Å². The number of likely N-dealkylation sites (N-methyl/N-ethyl adjacent to an activating group) is 2. The van der Waals surface area contributed by atoms with E-state index in [4.69, 9.17) is 0 Å². The molecule has 1 aliphatic rings. The van der Waals surface area contributed by atoms with Crippen LogP contribution < -0.4 is 5.32 Å². The minimum absolute atomic E-state index is 0.0285. The lowest BCUT2D eigenvalue weighted by atomic mass is 10.2. The molecule has 0 aliphatic carbocycles.